The van der Waals surface area contributed by atoms with E-state index < -0.39 is 6.10 Å². The molecule has 1 amide bonds. The number of carbonyl (C=O) groups is 1. The molecule has 1 fully saturated rings. The van der Waals surface area contributed by atoms with Crippen molar-refractivity contribution < 1.29 is 9.53 Å². The Morgan fingerprint density at radius 3 is 2.96 bits per heavy atom. The molecule has 1 aromatic carbocycles. The Balaban J connectivity index is 1.54. The fourth-order valence-electron chi connectivity index (χ4n) is 3.01. The van der Waals surface area contributed by atoms with Crippen molar-refractivity contribution in [3.8, 4) is 0 Å². The molecule has 0 bridgehead atoms. The molecule has 0 aliphatic carbocycles. The van der Waals surface area contributed by atoms with Gasteiger partial charge in [0.05, 0.1) is 19.0 Å². The van der Waals surface area contributed by atoms with Crippen molar-refractivity contribution in [2.24, 2.45) is 0 Å². The summed E-state index contributed by atoms with van der Waals surface area (Å²) in [6.07, 6.45) is 7.25. The predicted molar refractivity (Wildman–Crippen MR) is 87.8 cm³/mol. The van der Waals surface area contributed by atoms with E-state index >= 15 is 0 Å². The second-order valence-electron chi connectivity index (χ2n) is 6.03. The monoisotopic (exact) mass is 313 g/mol. The zero-order valence-electron chi connectivity index (χ0n) is 13.5. The van der Waals surface area contributed by atoms with Crippen LogP contribution in [-0.4, -0.2) is 39.6 Å². The number of ether oxygens (including phenoxy) is 1. The van der Waals surface area contributed by atoms with E-state index in [9.17, 15) is 4.79 Å². The van der Waals surface area contributed by atoms with E-state index in [2.05, 4.69) is 9.55 Å². The molecule has 0 spiro atoms. The summed E-state index contributed by atoms with van der Waals surface area (Å²) in [5, 5.41) is 0. The summed E-state index contributed by atoms with van der Waals surface area (Å²) in [5.74, 6) is 0.0748. The quantitative estimate of drug-likeness (QED) is 0.852. The zero-order valence-corrected chi connectivity index (χ0v) is 13.5. The first kappa shape index (κ1) is 15.7. The van der Waals surface area contributed by atoms with E-state index in [1.165, 1.54) is 0 Å². The van der Waals surface area contributed by atoms with Gasteiger partial charge in [-0.2, -0.15) is 0 Å². The lowest BCUT2D eigenvalue weighted by atomic mass is 10.0. The van der Waals surface area contributed by atoms with Crippen molar-refractivity contribution in [2.45, 2.75) is 38.5 Å². The average molecular weight is 313 g/mol. The van der Waals surface area contributed by atoms with E-state index in [4.69, 9.17) is 4.74 Å². The maximum Gasteiger partial charge on any atom is 0.251 e. The normalized spacial score (nSPS) is 19.5. The molecule has 3 rings (SSSR count). The molecular formula is C18H23N3O2. The standard InChI is InChI=1S/C18H23N3O2/c1-15(23-13-16-6-3-2-4-7-16)18(22)20-10-5-8-17(12-20)21-11-9-19-14-21/h2-4,6-7,9,11,14-15,17H,5,8,10,12-13H2,1H3/t15-,17+/m0/s1. The third-order valence-electron chi connectivity index (χ3n) is 4.35. The smallest absolute Gasteiger partial charge is 0.251 e. The van der Waals surface area contributed by atoms with Gasteiger partial charge < -0.3 is 14.2 Å². The number of piperidine rings is 1. The second-order valence-corrected chi connectivity index (χ2v) is 6.03. The molecule has 0 unspecified atom stereocenters. The largest absolute Gasteiger partial charge is 0.364 e. The number of benzene rings is 1. The van der Waals surface area contributed by atoms with Crippen molar-refractivity contribution in [1.82, 2.24) is 14.5 Å². The van der Waals surface area contributed by atoms with Crippen LogP contribution in [0.1, 0.15) is 31.4 Å². The van der Waals surface area contributed by atoms with Gasteiger partial charge in [-0.3, -0.25) is 4.79 Å². The van der Waals surface area contributed by atoms with E-state index in [0.29, 0.717) is 12.6 Å². The van der Waals surface area contributed by atoms with E-state index in [-0.39, 0.29) is 5.91 Å². The first-order valence-corrected chi connectivity index (χ1v) is 8.16. The number of aromatic nitrogens is 2. The first-order valence-electron chi connectivity index (χ1n) is 8.16. The maximum atomic E-state index is 12.6. The topological polar surface area (TPSA) is 47.4 Å². The van der Waals surface area contributed by atoms with Gasteiger partial charge >= 0.3 is 0 Å². The van der Waals surface area contributed by atoms with Gasteiger partial charge in [0.25, 0.3) is 5.91 Å². The fraction of sp³-hybridized carbons (Fsp3) is 0.444. The Morgan fingerprint density at radius 2 is 2.22 bits per heavy atom. The van der Waals surface area contributed by atoms with Crippen molar-refractivity contribution in [2.75, 3.05) is 13.1 Å². The summed E-state index contributed by atoms with van der Waals surface area (Å²) in [6, 6.07) is 10.3. The van der Waals surface area contributed by atoms with Crippen molar-refractivity contribution in [3.05, 3.63) is 54.6 Å². The van der Waals surface area contributed by atoms with Gasteiger partial charge in [-0.1, -0.05) is 30.3 Å². The number of nitrogens with zero attached hydrogens (tertiary/aromatic N) is 3. The van der Waals surface area contributed by atoms with Crippen LogP contribution in [0.25, 0.3) is 0 Å². The lowest BCUT2D eigenvalue weighted by Gasteiger charge is -2.34. The highest BCUT2D eigenvalue weighted by molar-refractivity contribution is 5.80. The summed E-state index contributed by atoms with van der Waals surface area (Å²) >= 11 is 0. The van der Waals surface area contributed by atoms with Crippen LogP contribution < -0.4 is 0 Å². The number of imidazole rings is 1. The summed E-state index contributed by atoms with van der Waals surface area (Å²) in [6.45, 7) is 3.84. The molecule has 1 aliphatic heterocycles. The predicted octanol–water partition coefficient (Wildman–Crippen LogP) is 2.65. The maximum absolute atomic E-state index is 12.6. The molecule has 2 heterocycles. The van der Waals surface area contributed by atoms with E-state index in [1.807, 2.05) is 54.7 Å². The van der Waals surface area contributed by atoms with Crippen molar-refractivity contribution in [3.63, 3.8) is 0 Å². The van der Waals surface area contributed by atoms with Crippen LogP contribution in [-0.2, 0) is 16.1 Å². The fourth-order valence-corrected chi connectivity index (χ4v) is 3.01. The Bertz CT molecular complexity index is 612. The zero-order chi connectivity index (χ0) is 16.1. The number of hydrogen-bond acceptors (Lipinski definition) is 3. The lowest BCUT2D eigenvalue weighted by molar-refractivity contribution is -0.145. The summed E-state index contributed by atoms with van der Waals surface area (Å²) < 4.78 is 7.85. The van der Waals surface area contributed by atoms with Crippen LogP contribution in [0.2, 0.25) is 0 Å². The van der Waals surface area contributed by atoms with Crippen molar-refractivity contribution >= 4 is 5.91 Å². The minimum atomic E-state index is -0.420. The molecular weight excluding hydrogens is 290 g/mol. The number of carbonyl (C=O) groups excluding carboxylic acids is 1. The number of rotatable bonds is 5. The van der Waals surface area contributed by atoms with Gasteiger partial charge in [-0.15, -0.1) is 0 Å². The first-order chi connectivity index (χ1) is 11.2. The van der Waals surface area contributed by atoms with Gasteiger partial charge in [0.2, 0.25) is 0 Å². The van der Waals surface area contributed by atoms with Gasteiger partial charge in [0, 0.05) is 25.5 Å². The highest BCUT2D eigenvalue weighted by atomic mass is 16.5. The van der Waals surface area contributed by atoms with Gasteiger partial charge in [-0.25, -0.2) is 4.98 Å². The van der Waals surface area contributed by atoms with Gasteiger partial charge in [-0.05, 0) is 25.3 Å². The van der Waals surface area contributed by atoms with Gasteiger partial charge in [0.15, 0.2) is 0 Å². The van der Waals surface area contributed by atoms with Crippen LogP contribution in [0.5, 0.6) is 0 Å². The minimum Gasteiger partial charge on any atom is -0.364 e. The lowest BCUT2D eigenvalue weighted by Crippen LogP contribution is -2.45. The molecule has 2 aromatic rings. The molecule has 0 radical (unpaired) electrons. The number of hydrogen-bond donors (Lipinski definition) is 0. The molecule has 5 heteroatoms. The van der Waals surface area contributed by atoms with Crippen LogP contribution in [0, 0.1) is 0 Å². The molecule has 122 valence electrons. The highest BCUT2D eigenvalue weighted by Crippen LogP contribution is 2.22. The third-order valence-corrected chi connectivity index (χ3v) is 4.35. The van der Waals surface area contributed by atoms with Crippen LogP contribution in [0.4, 0.5) is 0 Å². The molecule has 0 N–H and O–H groups in total. The SMILES string of the molecule is C[C@H](OCc1ccccc1)C(=O)N1CCC[C@@H](n2ccnc2)C1. The van der Waals surface area contributed by atoms with E-state index in [0.717, 1.165) is 31.5 Å². The van der Waals surface area contributed by atoms with Gasteiger partial charge in [0.1, 0.15) is 6.10 Å². The Hall–Kier alpha value is -2.14. The third kappa shape index (κ3) is 3.99. The van der Waals surface area contributed by atoms with Crippen molar-refractivity contribution in [1.29, 1.82) is 0 Å². The summed E-state index contributed by atoms with van der Waals surface area (Å²) in [5.41, 5.74) is 1.09. The second kappa shape index (κ2) is 7.42. The minimum absolute atomic E-state index is 0.0748. The number of amides is 1. The summed E-state index contributed by atoms with van der Waals surface area (Å²) in [7, 11) is 0. The van der Waals surface area contributed by atoms with Crippen LogP contribution in [0.15, 0.2) is 49.1 Å². The molecule has 0 saturated carbocycles. The van der Waals surface area contributed by atoms with E-state index in [1.54, 1.807) is 6.20 Å². The molecule has 2 atom stereocenters. The molecule has 1 aliphatic rings. The molecule has 1 aromatic heterocycles. The average Bonchev–Trinajstić information content (AvgIpc) is 3.15. The number of likely N-dealkylation sites (tertiary alicyclic amines) is 1. The Labute approximate surface area is 136 Å². The van der Waals surface area contributed by atoms with Crippen LogP contribution in [0.3, 0.4) is 0 Å². The Kier molecular flexibility index (Phi) is 5.08. The Morgan fingerprint density at radius 1 is 1.39 bits per heavy atom. The summed E-state index contributed by atoms with van der Waals surface area (Å²) in [4.78, 5) is 18.6. The molecule has 5 nitrogen and oxygen atoms in total. The molecule has 1 saturated heterocycles. The van der Waals surface area contributed by atoms with Crippen LogP contribution >= 0.6 is 0 Å². The highest BCUT2D eigenvalue weighted by Gasteiger charge is 2.27. The molecule has 23 heavy (non-hydrogen) atoms.